The predicted molar refractivity (Wildman–Crippen MR) is 80.2 cm³/mol. The van der Waals surface area contributed by atoms with Gasteiger partial charge in [0, 0.05) is 18.8 Å². The van der Waals surface area contributed by atoms with Crippen LogP contribution in [0.3, 0.4) is 0 Å². The van der Waals surface area contributed by atoms with Crippen molar-refractivity contribution in [2.75, 3.05) is 6.26 Å². The largest absolute Gasteiger partial charge is 0.310 e. The van der Waals surface area contributed by atoms with E-state index in [1.54, 1.807) is 12.1 Å². The quantitative estimate of drug-likeness (QED) is 0.928. The van der Waals surface area contributed by atoms with Crippen molar-refractivity contribution in [3.63, 3.8) is 0 Å². The highest BCUT2D eigenvalue weighted by atomic mass is 32.2. The molecule has 3 atom stereocenters. The summed E-state index contributed by atoms with van der Waals surface area (Å²) in [6, 6.07) is 7.92. The molecule has 2 fully saturated rings. The average molecular weight is 293 g/mol. The molecule has 3 unspecified atom stereocenters. The summed E-state index contributed by atoms with van der Waals surface area (Å²) in [5.41, 5.74) is 1.06. The van der Waals surface area contributed by atoms with E-state index in [1.807, 2.05) is 12.1 Å². The molecule has 2 aliphatic carbocycles. The second kappa shape index (κ2) is 5.49. The Labute approximate surface area is 121 Å². The zero-order valence-corrected chi connectivity index (χ0v) is 12.8. The van der Waals surface area contributed by atoms with Gasteiger partial charge in [0.2, 0.25) is 0 Å². The van der Waals surface area contributed by atoms with E-state index in [-0.39, 0.29) is 0 Å². The minimum Gasteiger partial charge on any atom is -0.310 e. The number of benzene rings is 1. The lowest BCUT2D eigenvalue weighted by atomic mass is 9.85. The number of fused-ring (bicyclic) bond motifs is 2. The molecule has 0 heterocycles. The predicted octanol–water partition coefficient (Wildman–Crippen LogP) is 2.76. The minimum absolute atomic E-state index is 0.418. The molecule has 2 saturated carbocycles. The minimum atomic E-state index is -3.11. The van der Waals surface area contributed by atoms with Crippen LogP contribution in [0.2, 0.25) is 0 Å². The molecule has 3 rings (SSSR count). The van der Waals surface area contributed by atoms with Gasteiger partial charge >= 0.3 is 0 Å². The molecule has 110 valence electrons. The molecule has 20 heavy (non-hydrogen) atoms. The first-order valence-corrected chi connectivity index (χ1v) is 9.44. The topological polar surface area (TPSA) is 46.2 Å². The molecule has 1 N–H and O–H groups in total. The van der Waals surface area contributed by atoms with Gasteiger partial charge in [-0.3, -0.25) is 0 Å². The molecule has 0 saturated heterocycles. The van der Waals surface area contributed by atoms with Gasteiger partial charge in [0.1, 0.15) is 0 Å². The second-order valence-electron chi connectivity index (χ2n) is 6.42. The summed E-state index contributed by atoms with van der Waals surface area (Å²) in [7, 11) is -3.11. The molecular weight excluding hydrogens is 270 g/mol. The summed E-state index contributed by atoms with van der Waals surface area (Å²) in [5.74, 6) is 1.82. The first-order valence-electron chi connectivity index (χ1n) is 7.55. The monoisotopic (exact) mass is 293 g/mol. The number of nitrogens with one attached hydrogen (secondary N) is 1. The van der Waals surface area contributed by atoms with Gasteiger partial charge in [-0.15, -0.1) is 0 Å². The second-order valence-corrected chi connectivity index (χ2v) is 8.44. The third-order valence-corrected chi connectivity index (χ3v) is 6.04. The smallest absolute Gasteiger partial charge is 0.175 e. The van der Waals surface area contributed by atoms with E-state index in [9.17, 15) is 8.42 Å². The van der Waals surface area contributed by atoms with Crippen molar-refractivity contribution in [2.24, 2.45) is 11.8 Å². The Morgan fingerprint density at radius 1 is 1.20 bits per heavy atom. The van der Waals surface area contributed by atoms with Gasteiger partial charge in [-0.2, -0.15) is 0 Å². The Kier molecular flexibility index (Phi) is 3.87. The Hall–Kier alpha value is -0.870. The third kappa shape index (κ3) is 3.07. The lowest BCUT2D eigenvalue weighted by molar-refractivity contribution is 0.268. The first kappa shape index (κ1) is 14.1. The zero-order chi connectivity index (χ0) is 14.2. The van der Waals surface area contributed by atoms with Gasteiger partial charge in [0.05, 0.1) is 4.90 Å². The van der Waals surface area contributed by atoms with E-state index in [0.29, 0.717) is 10.9 Å². The summed E-state index contributed by atoms with van der Waals surface area (Å²) in [6.45, 7) is 0.773. The summed E-state index contributed by atoms with van der Waals surface area (Å²) < 4.78 is 23.1. The normalized spacial score (nSPS) is 29.6. The van der Waals surface area contributed by atoms with Crippen molar-refractivity contribution >= 4 is 9.84 Å². The van der Waals surface area contributed by atoms with Crippen LogP contribution < -0.4 is 5.32 Å². The van der Waals surface area contributed by atoms with Gasteiger partial charge in [0.15, 0.2) is 9.84 Å². The maximum atomic E-state index is 11.6. The molecule has 0 aliphatic heterocycles. The van der Waals surface area contributed by atoms with E-state index in [0.717, 1.165) is 23.9 Å². The summed E-state index contributed by atoms with van der Waals surface area (Å²) >= 11 is 0. The fraction of sp³-hybridized carbons (Fsp3) is 0.625. The van der Waals surface area contributed by atoms with Crippen LogP contribution in [0, 0.1) is 11.8 Å². The van der Waals surface area contributed by atoms with E-state index < -0.39 is 9.84 Å². The number of hydrogen-bond donors (Lipinski definition) is 1. The van der Waals surface area contributed by atoms with Gasteiger partial charge in [-0.05, 0) is 55.2 Å². The molecule has 1 aromatic carbocycles. The van der Waals surface area contributed by atoms with Crippen LogP contribution in [-0.4, -0.2) is 20.7 Å². The van der Waals surface area contributed by atoms with E-state index >= 15 is 0 Å². The van der Waals surface area contributed by atoms with E-state index in [2.05, 4.69) is 5.32 Å². The van der Waals surface area contributed by atoms with Crippen LogP contribution in [0.25, 0.3) is 0 Å². The Balaban J connectivity index is 1.64. The summed E-state index contributed by atoms with van der Waals surface area (Å²) in [4.78, 5) is 0.418. The van der Waals surface area contributed by atoms with Gasteiger partial charge < -0.3 is 5.32 Å². The average Bonchev–Trinajstić information content (AvgIpc) is 2.80. The summed E-state index contributed by atoms with van der Waals surface area (Å²) in [5, 5.41) is 3.65. The molecule has 0 radical (unpaired) electrons. The highest BCUT2D eigenvalue weighted by Gasteiger charge is 2.35. The van der Waals surface area contributed by atoms with Crippen LogP contribution in [0.15, 0.2) is 29.2 Å². The Morgan fingerprint density at radius 2 is 2.00 bits per heavy atom. The number of sulfone groups is 1. The number of rotatable bonds is 4. The van der Waals surface area contributed by atoms with Crippen molar-refractivity contribution in [1.29, 1.82) is 0 Å². The van der Waals surface area contributed by atoms with Crippen LogP contribution in [-0.2, 0) is 16.4 Å². The Bertz CT molecular complexity index is 582. The van der Waals surface area contributed by atoms with Gasteiger partial charge in [0.25, 0.3) is 0 Å². The van der Waals surface area contributed by atoms with E-state index in [1.165, 1.54) is 38.4 Å². The zero-order valence-electron chi connectivity index (χ0n) is 12.0. The third-order valence-electron chi connectivity index (χ3n) is 4.93. The molecule has 2 bridgehead atoms. The lowest BCUT2D eigenvalue weighted by Gasteiger charge is -2.29. The number of hydrogen-bond acceptors (Lipinski definition) is 3. The fourth-order valence-electron chi connectivity index (χ4n) is 3.80. The fourth-order valence-corrected chi connectivity index (χ4v) is 4.49. The standard InChI is InChI=1S/C16H23NO2S/c1-20(18,19)15-4-2-3-13(10-15)11-17-16-8-6-12-5-7-14(16)9-12/h2-4,10,12,14,16-17H,5-9,11H2,1H3. The van der Waals surface area contributed by atoms with Crippen molar-refractivity contribution in [3.8, 4) is 0 Å². The molecule has 0 aromatic heterocycles. The Morgan fingerprint density at radius 3 is 2.80 bits per heavy atom. The van der Waals surface area contributed by atoms with Crippen LogP contribution >= 0.6 is 0 Å². The van der Waals surface area contributed by atoms with E-state index in [4.69, 9.17) is 0 Å². The molecule has 0 spiro atoms. The SMILES string of the molecule is CS(=O)(=O)c1cccc(CNC2CCC3CCC2C3)c1. The summed E-state index contributed by atoms with van der Waals surface area (Å²) in [6.07, 6.45) is 8.07. The molecular formula is C16H23NO2S. The van der Waals surface area contributed by atoms with Crippen molar-refractivity contribution in [2.45, 2.75) is 49.6 Å². The molecule has 2 aliphatic rings. The van der Waals surface area contributed by atoms with Gasteiger partial charge in [-0.25, -0.2) is 8.42 Å². The molecule has 4 heteroatoms. The van der Waals surface area contributed by atoms with Crippen molar-refractivity contribution in [1.82, 2.24) is 5.32 Å². The molecule has 1 aromatic rings. The van der Waals surface area contributed by atoms with Gasteiger partial charge in [-0.1, -0.05) is 18.6 Å². The van der Waals surface area contributed by atoms with Crippen molar-refractivity contribution in [3.05, 3.63) is 29.8 Å². The van der Waals surface area contributed by atoms with Crippen LogP contribution in [0.4, 0.5) is 0 Å². The maximum absolute atomic E-state index is 11.6. The highest BCUT2D eigenvalue weighted by Crippen LogP contribution is 2.42. The highest BCUT2D eigenvalue weighted by molar-refractivity contribution is 7.90. The van der Waals surface area contributed by atoms with Crippen LogP contribution in [0.5, 0.6) is 0 Å². The van der Waals surface area contributed by atoms with Crippen molar-refractivity contribution < 1.29 is 8.42 Å². The first-order chi connectivity index (χ1) is 9.52. The maximum Gasteiger partial charge on any atom is 0.175 e. The molecule has 0 amide bonds. The lowest BCUT2D eigenvalue weighted by Crippen LogP contribution is -2.37. The van der Waals surface area contributed by atoms with Crippen LogP contribution in [0.1, 0.15) is 37.7 Å². The molecule has 3 nitrogen and oxygen atoms in total.